The summed E-state index contributed by atoms with van der Waals surface area (Å²) in [5.74, 6) is -0.0763. The Hall–Kier alpha value is -3.17. The summed E-state index contributed by atoms with van der Waals surface area (Å²) < 4.78 is 41.7. The van der Waals surface area contributed by atoms with E-state index < -0.39 is 17.8 Å². The van der Waals surface area contributed by atoms with Crippen LogP contribution in [0.1, 0.15) is 71.6 Å². The van der Waals surface area contributed by atoms with E-state index in [0.29, 0.717) is 12.3 Å². The van der Waals surface area contributed by atoms with Gasteiger partial charge >= 0.3 is 6.18 Å². The number of nitrogens with zero attached hydrogens (tertiary/aromatic N) is 5. The molecule has 1 aliphatic carbocycles. The predicted molar refractivity (Wildman–Crippen MR) is 110 cm³/mol. The summed E-state index contributed by atoms with van der Waals surface area (Å²) in [6.45, 7) is 0.728. The van der Waals surface area contributed by atoms with Gasteiger partial charge in [0.1, 0.15) is 5.69 Å². The zero-order valence-electron chi connectivity index (χ0n) is 17.6. The van der Waals surface area contributed by atoms with Crippen LogP contribution in [0, 0.1) is 0 Å². The number of fused-ring (bicyclic) bond motifs is 1. The van der Waals surface area contributed by atoms with Crippen LogP contribution in [-0.4, -0.2) is 30.5 Å². The lowest BCUT2D eigenvalue weighted by atomic mass is 9.82. The highest BCUT2D eigenvalue weighted by molar-refractivity contribution is 5.93. The summed E-state index contributed by atoms with van der Waals surface area (Å²) in [5, 5.41) is 11.0. The van der Waals surface area contributed by atoms with Crippen molar-refractivity contribution >= 4 is 5.91 Å². The second kappa shape index (κ2) is 7.75. The molecule has 5 rings (SSSR count). The minimum Gasteiger partial charge on any atom is -0.342 e. The fourth-order valence-electron chi connectivity index (χ4n) is 4.36. The first-order valence-electron chi connectivity index (χ1n) is 10.8. The standard InChI is InChI=1S/C22H23F3N6O/c1-30-19(12-20(29-30)22(23,24)25)21(32)27-15-6-3-9-31-18(15)11-17(28-31)14-7-8-26-16(10-14)13-4-2-5-13/h7-8,10-13,15H,2-6,9H2,1H3,(H,27,32). The number of rotatable bonds is 4. The number of hydrogen-bond acceptors (Lipinski definition) is 4. The van der Waals surface area contributed by atoms with E-state index in [1.54, 1.807) is 6.20 Å². The molecule has 3 aromatic rings. The maximum Gasteiger partial charge on any atom is 0.435 e. The van der Waals surface area contributed by atoms with Crippen molar-refractivity contribution < 1.29 is 18.0 Å². The van der Waals surface area contributed by atoms with Gasteiger partial charge in [-0.25, -0.2) is 0 Å². The van der Waals surface area contributed by atoms with Gasteiger partial charge in [-0.3, -0.25) is 19.1 Å². The summed E-state index contributed by atoms with van der Waals surface area (Å²) >= 11 is 0. The lowest BCUT2D eigenvalue weighted by Gasteiger charge is -2.24. The van der Waals surface area contributed by atoms with Gasteiger partial charge in [0.15, 0.2) is 5.69 Å². The van der Waals surface area contributed by atoms with Crippen LogP contribution in [0.2, 0.25) is 0 Å². The molecule has 1 atom stereocenters. The van der Waals surface area contributed by atoms with Gasteiger partial charge in [0.05, 0.1) is 17.4 Å². The Bertz CT molecular complexity index is 1160. The fraction of sp³-hybridized carbons (Fsp3) is 0.455. The first-order chi connectivity index (χ1) is 15.3. The van der Waals surface area contributed by atoms with E-state index in [0.717, 1.165) is 59.2 Å². The molecule has 0 aromatic carbocycles. The van der Waals surface area contributed by atoms with E-state index >= 15 is 0 Å². The van der Waals surface area contributed by atoms with Crippen LogP contribution in [0.15, 0.2) is 30.5 Å². The molecule has 1 N–H and O–H groups in total. The van der Waals surface area contributed by atoms with Crippen molar-refractivity contribution in [2.45, 2.75) is 56.8 Å². The molecule has 2 aliphatic rings. The van der Waals surface area contributed by atoms with Crippen LogP contribution in [0.25, 0.3) is 11.3 Å². The number of pyridine rings is 1. The molecule has 0 bridgehead atoms. The molecule has 0 radical (unpaired) electrons. The number of aromatic nitrogens is 5. The third kappa shape index (κ3) is 3.78. The molecule has 7 nitrogen and oxygen atoms in total. The normalized spacial score (nSPS) is 18.8. The van der Waals surface area contributed by atoms with Crippen LogP contribution in [0.5, 0.6) is 0 Å². The van der Waals surface area contributed by atoms with Crippen molar-refractivity contribution in [1.29, 1.82) is 0 Å². The number of aryl methyl sites for hydroxylation is 2. The number of alkyl halides is 3. The van der Waals surface area contributed by atoms with E-state index in [2.05, 4.69) is 21.5 Å². The minimum atomic E-state index is -4.60. The minimum absolute atomic E-state index is 0.131. The van der Waals surface area contributed by atoms with E-state index in [1.165, 1.54) is 13.5 Å². The van der Waals surface area contributed by atoms with E-state index in [-0.39, 0.29) is 11.7 Å². The van der Waals surface area contributed by atoms with Crippen molar-refractivity contribution in [3.05, 3.63) is 53.2 Å². The van der Waals surface area contributed by atoms with Gasteiger partial charge in [0.2, 0.25) is 0 Å². The van der Waals surface area contributed by atoms with Gasteiger partial charge in [0, 0.05) is 43.0 Å². The topological polar surface area (TPSA) is 77.6 Å². The summed E-state index contributed by atoms with van der Waals surface area (Å²) in [6, 6.07) is 6.40. The average Bonchev–Trinajstić information content (AvgIpc) is 3.31. The molecule has 4 heterocycles. The molecule has 1 fully saturated rings. The van der Waals surface area contributed by atoms with Crippen LogP contribution in [0.3, 0.4) is 0 Å². The fourth-order valence-corrected chi connectivity index (χ4v) is 4.36. The Kier molecular flexibility index (Phi) is 5.02. The third-order valence-electron chi connectivity index (χ3n) is 6.34. The Labute approximate surface area is 182 Å². The van der Waals surface area contributed by atoms with Crippen LogP contribution in [0.4, 0.5) is 13.2 Å². The zero-order chi connectivity index (χ0) is 22.5. The quantitative estimate of drug-likeness (QED) is 0.653. The van der Waals surface area contributed by atoms with Gasteiger partial charge < -0.3 is 5.32 Å². The lowest BCUT2D eigenvalue weighted by molar-refractivity contribution is -0.141. The monoisotopic (exact) mass is 444 g/mol. The molecule has 1 saturated carbocycles. The maximum absolute atomic E-state index is 12.9. The number of carbonyl (C=O) groups excluding carboxylic acids is 1. The zero-order valence-corrected chi connectivity index (χ0v) is 17.6. The summed E-state index contributed by atoms with van der Waals surface area (Å²) in [6.07, 6.45) is 2.26. The highest BCUT2D eigenvalue weighted by Gasteiger charge is 2.36. The second-order valence-electron chi connectivity index (χ2n) is 8.48. The highest BCUT2D eigenvalue weighted by atomic mass is 19.4. The molecular weight excluding hydrogens is 421 g/mol. The van der Waals surface area contributed by atoms with Gasteiger partial charge in [-0.15, -0.1) is 0 Å². The van der Waals surface area contributed by atoms with Gasteiger partial charge in [0.25, 0.3) is 5.91 Å². The molecule has 10 heteroatoms. The predicted octanol–water partition coefficient (Wildman–Crippen LogP) is 4.23. The number of carbonyl (C=O) groups is 1. The van der Waals surface area contributed by atoms with Gasteiger partial charge in [-0.1, -0.05) is 6.42 Å². The Morgan fingerprint density at radius 1 is 1.12 bits per heavy atom. The van der Waals surface area contributed by atoms with Crippen LogP contribution in [-0.2, 0) is 19.8 Å². The maximum atomic E-state index is 12.9. The summed E-state index contributed by atoms with van der Waals surface area (Å²) in [5.41, 5.74) is 2.51. The molecule has 1 unspecified atom stereocenters. The van der Waals surface area contributed by atoms with Gasteiger partial charge in [-0.05, 0) is 43.9 Å². The number of amides is 1. The third-order valence-corrected chi connectivity index (χ3v) is 6.34. The molecule has 0 saturated heterocycles. The number of nitrogens with one attached hydrogen (secondary N) is 1. The Balaban J connectivity index is 1.38. The first kappa shape index (κ1) is 20.7. The van der Waals surface area contributed by atoms with E-state index in [9.17, 15) is 18.0 Å². The largest absolute Gasteiger partial charge is 0.435 e. The van der Waals surface area contributed by atoms with Crippen molar-refractivity contribution in [3.63, 3.8) is 0 Å². The van der Waals surface area contributed by atoms with Crippen molar-refractivity contribution in [1.82, 2.24) is 29.9 Å². The molecular formula is C22H23F3N6O. The average molecular weight is 444 g/mol. The summed E-state index contributed by atoms with van der Waals surface area (Å²) in [7, 11) is 1.33. The van der Waals surface area contributed by atoms with E-state index in [1.807, 2.05) is 16.8 Å². The molecule has 1 aliphatic heterocycles. The van der Waals surface area contributed by atoms with Crippen molar-refractivity contribution in [3.8, 4) is 11.3 Å². The smallest absolute Gasteiger partial charge is 0.342 e. The van der Waals surface area contributed by atoms with Gasteiger partial charge in [-0.2, -0.15) is 23.4 Å². The number of hydrogen-bond donors (Lipinski definition) is 1. The highest BCUT2D eigenvalue weighted by Crippen LogP contribution is 2.37. The summed E-state index contributed by atoms with van der Waals surface area (Å²) in [4.78, 5) is 17.2. The van der Waals surface area contributed by atoms with Crippen molar-refractivity contribution in [2.75, 3.05) is 0 Å². The number of halogens is 3. The molecule has 0 spiro atoms. The second-order valence-corrected chi connectivity index (χ2v) is 8.48. The first-order valence-corrected chi connectivity index (χ1v) is 10.8. The lowest BCUT2D eigenvalue weighted by Crippen LogP contribution is -2.33. The molecule has 168 valence electrons. The Morgan fingerprint density at radius 3 is 2.62 bits per heavy atom. The molecule has 32 heavy (non-hydrogen) atoms. The molecule has 3 aromatic heterocycles. The molecule has 1 amide bonds. The van der Waals surface area contributed by atoms with Crippen LogP contribution >= 0.6 is 0 Å². The van der Waals surface area contributed by atoms with E-state index in [4.69, 9.17) is 5.10 Å². The SMILES string of the molecule is Cn1nc(C(F)(F)F)cc1C(=O)NC1CCCn2nc(-c3ccnc(C4CCC4)c3)cc21. The van der Waals surface area contributed by atoms with Crippen LogP contribution < -0.4 is 5.32 Å². The van der Waals surface area contributed by atoms with Crippen molar-refractivity contribution in [2.24, 2.45) is 7.05 Å². The Morgan fingerprint density at radius 2 is 1.94 bits per heavy atom.